The summed E-state index contributed by atoms with van der Waals surface area (Å²) in [6.45, 7) is 13.1. The van der Waals surface area contributed by atoms with Gasteiger partial charge in [-0.05, 0) is 44.1 Å². The molecule has 0 aromatic heterocycles. The lowest BCUT2D eigenvalue weighted by Gasteiger charge is -2.39. The van der Waals surface area contributed by atoms with Gasteiger partial charge < -0.3 is 39.8 Å². The predicted molar refractivity (Wildman–Crippen MR) is 202 cm³/mol. The van der Waals surface area contributed by atoms with Crippen LogP contribution in [0, 0.1) is 17.8 Å². The zero-order valence-electron chi connectivity index (χ0n) is 33.7. The number of hydrogen-bond donors (Lipinski definition) is 3. The molecule has 1 unspecified atom stereocenters. The molecule has 0 aliphatic carbocycles. The van der Waals surface area contributed by atoms with Crippen molar-refractivity contribution in [1.29, 1.82) is 0 Å². The number of nitrogens with zero attached hydrogens (tertiary/aromatic N) is 3. The fourth-order valence-electron chi connectivity index (χ4n) is 7.36. The molecule has 2 rings (SSSR count). The van der Waals surface area contributed by atoms with Gasteiger partial charge in [-0.15, -0.1) is 0 Å². The fourth-order valence-corrected chi connectivity index (χ4v) is 7.36. The van der Waals surface area contributed by atoms with Crippen molar-refractivity contribution in [2.75, 3.05) is 48.0 Å². The summed E-state index contributed by atoms with van der Waals surface area (Å²) in [5.41, 5.74) is 0.697. The molecule has 14 nitrogen and oxygen atoms in total. The second-order valence-electron chi connectivity index (χ2n) is 14.5. The second-order valence-corrected chi connectivity index (χ2v) is 14.5. The van der Waals surface area contributed by atoms with Gasteiger partial charge in [0.15, 0.2) is 0 Å². The van der Waals surface area contributed by atoms with Crippen molar-refractivity contribution < 1.29 is 43.3 Å². The molecule has 9 atom stereocenters. The minimum atomic E-state index is -0.890. The first-order valence-electron chi connectivity index (χ1n) is 18.9. The number of amides is 5. The highest BCUT2D eigenvalue weighted by atomic mass is 16.6. The lowest BCUT2D eigenvalue weighted by atomic mass is 9.90. The van der Waals surface area contributed by atoms with E-state index in [9.17, 15) is 29.1 Å². The predicted octanol–water partition coefficient (Wildman–Crippen LogP) is 3.37. The van der Waals surface area contributed by atoms with Crippen LogP contribution in [0.3, 0.4) is 0 Å². The Labute approximate surface area is 316 Å². The zero-order chi connectivity index (χ0) is 40.0. The van der Waals surface area contributed by atoms with Crippen LogP contribution >= 0.6 is 0 Å². The normalized spacial score (nSPS) is 18.9. The quantitative estimate of drug-likeness (QED) is 0.181. The largest absolute Gasteiger partial charge is 0.450 e. The van der Waals surface area contributed by atoms with Gasteiger partial charge in [-0.25, -0.2) is 4.79 Å². The minimum Gasteiger partial charge on any atom is -0.450 e. The lowest BCUT2D eigenvalue weighted by molar-refractivity contribution is -0.146. The minimum absolute atomic E-state index is 0.0109. The van der Waals surface area contributed by atoms with Crippen molar-refractivity contribution in [3.63, 3.8) is 0 Å². The second kappa shape index (κ2) is 21.8. The van der Waals surface area contributed by atoms with Crippen molar-refractivity contribution in [3.8, 4) is 0 Å². The Morgan fingerprint density at radius 3 is 2.13 bits per heavy atom. The Morgan fingerprint density at radius 1 is 0.943 bits per heavy atom. The van der Waals surface area contributed by atoms with Crippen molar-refractivity contribution in [3.05, 3.63) is 35.9 Å². The maximum absolute atomic E-state index is 14.0. The van der Waals surface area contributed by atoms with Crippen molar-refractivity contribution in [2.24, 2.45) is 17.8 Å². The summed E-state index contributed by atoms with van der Waals surface area (Å²) in [6, 6.07) is 6.87. The van der Waals surface area contributed by atoms with Crippen molar-refractivity contribution in [1.82, 2.24) is 25.3 Å². The van der Waals surface area contributed by atoms with Crippen molar-refractivity contribution >= 4 is 29.7 Å². The van der Waals surface area contributed by atoms with Crippen LogP contribution in [0.15, 0.2) is 30.3 Å². The molecule has 5 amide bonds. The summed E-state index contributed by atoms with van der Waals surface area (Å²) in [7, 11) is 6.18. The molecule has 1 saturated heterocycles. The zero-order valence-corrected chi connectivity index (χ0v) is 33.7. The van der Waals surface area contributed by atoms with Crippen LogP contribution in [0.1, 0.15) is 85.8 Å². The number of carbonyl (C=O) groups excluding carboxylic acids is 5. The first-order valence-corrected chi connectivity index (χ1v) is 18.9. The standard InChI is InChI=1S/C39H65N5O9/c1-12-25(5)34(42(8)32(46)23-40-38(49)33(24(3)4)43(9)39(50)53-13-2)30(51-10)22-31(45)44-21-17-20-29(44)36(52-11)26(6)37(48)41-27(7)35(47)28-18-15-14-16-19-28/h14-16,18-19,24-27,29-30,33-36,47H,12-13,17,20-23H2,1-11H3,(H,40,49)(H,41,48)/t25-,26+,27+,29-,30+,33?,34-,35+,36+/m0/s1. The topological polar surface area (TPSA) is 167 Å². The number of ether oxygens (including phenoxy) is 3. The number of carbonyl (C=O) groups is 5. The molecule has 0 radical (unpaired) electrons. The van der Waals surface area contributed by atoms with Crippen LogP contribution < -0.4 is 10.6 Å². The Balaban J connectivity index is 2.16. The highest BCUT2D eigenvalue weighted by Gasteiger charge is 2.42. The highest BCUT2D eigenvalue weighted by Crippen LogP contribution is 2.29. The van der Waals surface area contributed by atoms with Crippen LogP contribution in [0.25, 0.3) is 0 Å². The number of aliphatic hydroxyl groups excluding tert-OH is 1. The van der Waals surface area contributed by atoms with Gasteiger partial charge in [0.2, 0.25) is 23.6 Å². The molecule has 0 bridgehead atoms. The maximum Gasteiger partial charge on any atom is 0.410 e. The van der Waals surface area contributed by atoms with Crippen LogP contribution in [-0.4, -0.2) is 134 Å². The van der Waals surface area contributed by atoms with Gasteiger partial charge in [-0.3, -0.25) is 24.1 Å². The Bertz CT molecular complexity index is 1330. The molecule has 1 aromatic carbocycles. The third kappa shape index (κ3) is 12.1. The molecule has 1 aliphatic heterocycles. The first-order chi connectivity index (χ1) is 25.0. The van der Waals surface area contributed by atoms with Gasteiger partial charge in [-0.2, -0.15) is 0 Å². The molecule has 0 spiro atoms. The number of hydrogen-bond acceptors (Lipinski definition) is 9. The molecule has 53 heavy (non-hydrogen) atoms. The Hall–Kier alpha value is -3.75. The van der Waals surface area contributed by atoms with Gasteiger partial charge in [-0.1, -0.05) is 71.4 Å². The summed E-state index contributed by atoms with van der Waals surface area (Å²) in [5, 5.41) is 16.4. The van der Waals surface area contributed by atoms with Crippen LogP contribution in [0.2, 0.25) is 0 Å². The summed E-state index contributed by atoms with van der Waals surface area (Å²) in [5.74, 6) is -2.24. The van der Waals surface area contributed by atoms with E-state index in [1.165, 1.54) is 31.1 Å². The fraction of sp³-hybridized carbons (Fsp3) is 0.718. The highest BCUT2D eigenvalue weighted by molar-refractivity contribution is 5.89. The van der Waals surface area contributed by atoms with Gasteiger partial charge in [0, 0.05) is 34.9 Å². The molecule has 1 aliphatic rings. The Kier molecular flexibility index (Phi) is 18.7. The van der Waals surface area contributed by atoms with E-state index in [0.29, 0.717) is 24.9 Å². The summed E-state index contributed by atoms with van der Waals surface area (Å²) < 4.78 is 16.9. The molecule has 1 heterocycles. The monoisotopic (exact) mass is 747 g/mol. The molecular weight excluding hydrogens is 682 g/mol. The van der Waals surface area contributed by atoms with Crippen LogP contribution in [0.5, 0.6) is 0 Å². The third-order valence-electron chi connectivity index (χ3n) is 10.6. The van der Waals surface area contributed by atoms with Crippen LogP contribution in [0.4, 0.5) is 4.79 Å². The van der Waals surface area contributed by atoms with Gasteiger partial charge in [0.1, 0.15) is 6.04 Å². The number of likely N-dealkylation sites (N-methyl/N-ethyl adjacent to an activating group) is 2. The van der Waals surface area contributed by atoms with E-state index in [2.05, 4.69) is 10.6 Å². The number of methoxy groups -OCH3 is 2. The number of aliphatic hydroxyl groups is 1. The van der Waals surface area contributed by atoms with Crippen LogP contribution in [-0.2, 0) is 33.4 Å². The van der Waals surface area contributed by atoms with E-state index in [1.807, 2.05) is 32.0 Å². The average Bonchev–Trinajstić information content (AvgIpc) is 3.63. The molecular formula is C39H65N5O9. The average molecular weight is 748 g/mol. The maximum atomic E-state index is 14.0. The molecule has 0 saturated carbocycles. The number of likely N-dealkylation sites (tertiary alicyclic amines) is 1. The van der Waals surface area contributed by atoms with Crippen molar-refractivity contribution in [2.45, 2.75) is 117 Å². The smallest absolute Gasteiger partial charge is 0.410 e. The number of nitrogens with one attached hydrogen (secondary N) is 2. The summed E-state index contributed by atoms with van der Waals surface area (Å²) >= 11 is 0. The van der Waals surface area contributed by atoms with Gasteiger partial charge in [0.25, 0.3) is 0 Å². The van der Waals surface area contributed by atoms with Gasteiger partial charge in [0.05, 0.1) is 61.9 Å². The number of rotatable bonds is 20. The van der Waals surface area contributed by atoms with E-state index in [1.54, 1.807) is 58.7 Å². The van der Waals surface area contributed by atoms with E-state index in [-0.39, 0.29) is 55.2 Å². The molecule has 3 N–H and O–H groups in total. The van der Waals surface area contributed by atoms with E-state index in [0.717, 1.165) is 6.42 Å². The molecule has 1 fully saturated rings. The van der Waals surface area contributed by atoms with E-state index < -0.39 is 54.4 Å². The van der Waals surface area contributed by atoms with Gasteiger partial charge >= 0.3 is 6.09 Å². The lowest BCUT2D eigenvalue weighted by Crippen LogP contribution is -2.56. The molecule has 1 aromatic rings. The number of benzene rings is 1. The first kappa shape index (κ1) is 45.4. The van der Waals surface area contributed by atoms with E-state index in [4.69, 9.17) is 14.2 Å². The van der Waals surface area contributed by atoms with E-state index >= 15 is 0 Å². The molecule has 14 heteroatoms. The summed E-state index contributed by atoms with van der Waals surface area (Å²) in [6.07, 6.45) is -0.703. The Morgan fingerprint density at radius 2 is 1.58 bits per heavy atom. The third-order valence-corrected chi connectivity index (χ3v) is 10.6. The SMILES string of the molecule is CCOC(=O)N(C)C(C(=O)NCC(=O)N(C)[C@@H]([C@@H](C)CC)[C@@H](CC(=O)N1CCC[C@H]1[C@H](OC)[C@@H](C)C(=O)N[C@H](C)[C@@H](O)c1ccccc1)OC)C(C)C. The summed E-state index contributed by atoms with van der Waals surface area (Å²) in [4.78, 5) is 71.1. The molecule has 300 valence electrons.